The highest BCUT2D eigenvalue weighted by atomic mass is 79.9. The number of para-hydroxylation sites is 1. The molecule has 27 heavy (non-hydrogen) atoms. The maximum atomic E-state index is 12.8. The van der Waals surface area contributed by atoms with E-state index in [1.807, 2.05) is 36.4 Å². The number of hydrogen-bond acceptors (Lipinski definition) is 4. The van der Waals surface area contributed by atoms with Crippen LogP contribution in [0.15, 0.2) is 61.4 Å². The minimum atomic E-state index is -0.674. The number of hydrogen-bond donors (Lipinski definition) is 1. The number of aromatic amines is 1. The molecule has 0 fully saturated rings. The van der Waals surface area contributed by atoms with Crippen LogP contribution < -0.4 is 16.0 Å². The molecule has 0 spiro atoms. The van der Waals surface area contributed by atoms with Crippen molar-refractivity contribution < 1.29 is 4.79 Å². The summed E-state index contributed by atoms with van der Waals surface area (Å²) in [7, 11) is 1.72. The second-order valence-electron chi connectivity index (χ2n) is 6.39. The summed E-state index contributed by atoms with van der Waals surface area (Å²) in [6, 6.07) is 12.7. The summed E-state index contributed by atoms with van der Waals surface area (Å²) >= 11 is 5.02. The van der Waals surface area contributed by atoms with Crippen LogP contribution in [0.25, 0.3) is 11.0 Å². The molecule has 0 radical (unpaired) electrons. The Bertz CT molecular complexity index is 1160. The number of amides is 1. The Labute approximate surface area is 167 Å². The van der Waals surface area contributed by atoms with Gasteiger partial charge < -0.3 is 9.88 Å². The fourth-order valence-electron chi connectivity index (χ4n) is 3.31. The van der Waals surface area contributed by atoms with Gasteiger partial charge in [0.05, 0.1) is 17.1 Å². The molecule has 1 unspecified atom stereocenters. The minimum absolute atomic E-state index is 0.104. The van der Waals surface area contributed by atoms with Crippen LogP contribution in [0.1, 0.15) is 12.5 Å². The van der Waals surface area contributed by atoms with Crippen molar-refractivity contribution in [2.75, 3.05) is 17.7 Å². The molecule has 1 aliphatic heterocycles. The Morgan fingerprint density at radius 3 is 2.78 bits per heavy atom. The van der Waals surface area contributed by atoms with Gasteiger partial charge in [0.25, 0.3) is 0 Å². The van der Waals surface area contributed by atoms with Crippen molar-refractivity contribution in [2.45, 2.75) is 17.4 Å². The first-order valence-corrected chi connectivity index (χ1v) is 10.2. The minimum Gasteiger partial charge on any atom is -0.316 e. The van der Waals surface area contributed by atoms with Crippen LogP contribution in [0.3, 0.4) is 0 Å². The summed E-state index contributed by atoms with van der Waals surface area (Å²) in [4.78, 5) is 42.7. The van der Waals surface area contributed by atoms with Gasteiger partial charge in [-0.15, -0.1) is 11.8 Å². The van der Waals surface area contributed by atoms with Gasteiger partial charge in [-0.1, -0.05) is 34.1 Å². The summed E-state index contributed by atoms with van der Waals surface area (Å²) < 4.78 is 2.32. The second-order valence-corrected chi connectivity index (χ2v) is 8.36. The monoisotopic (exact) mass is 445 g/mol. The Morgan fingerprint density at radius 1 is 1.30 bits per heavy atom. The molecular formula is C19H16BrN3O3S. The fourth-order valence-corrected chi connectivity index (χ4v) is 5.11. The predicted octanol–water partition coefficient (Wildman–Crippen LogP) is 3.15. The fraction of sp³-hybridized carbons (Fsp3) is 0.211. The van der Waals surface area contributed by atoms with Gasteiger partial charge in [0.15, 0.2) is 0 Å². The van der Waals surface area contributed by atoms with E-state index in [9.17, 15) is 14.4 Å². The molecule has 1 amide bonds. The quantitative estimate of drug-likeness (QED) is 0.628. The molecule has 1 N–H and O–H groups in total. The molecule has 138 valence electrons. The smallest absolute Gasteiger partial charge is 0.316 e. The van der Waals surface area contributed by atoms with Crippen LogP contribution in [0, 0.1) is 0 Å². The Kier molecular flexibility index (Phi) is 4.69. The molecule has 0 saturated heterocycles. The molecule has 0 saturated carbocycles. The number of carbonyl (C=O) groups excluding carboxylic acids is 1. The van der Waals surface area contributed by atoms with Gasteiger partial charge in [0, 0.05) is 34.3 Å². The average Bonchev–Trinajstić information content (AvgIpc) is 2.66. The van der Waals surface area contributed by atoms with Gasteiger partial charge >= 0.3 is 11.1 Å². The van der Waals surface area contributed by atoms with Crippen LogP contribution in [0.2, 0.25) is 0 Å². The number of carbonyl (C=O) groups is 1. The van der Waals surface area contributed by atoms with Gasteiger partial charge in [0.1, 0.15) is 0 Å². The van der Waals surface area contributed by atoms with Crippen molar-refractivity contribution in [1.82, 2.24) is 9.55 Å². The molecule has 1 aliphatic rings. The zero-order valence-corrected chi connectivity index (χ0v) is 16.8. The van der Waals surface area contributed by atoms with Crippen LogP contribution in [0.5, 0.6) is 0 Å². The predicted molar refractivity (Wildman–Crippen MR) is 111 cm³/mol. The van der Waals surface area contributed by atoms with Crippen LogP contribution in [-0.2, 0) is 4.79 Å². The van der Waals surface area contributed by atoms with Gasteiger partial charge in [0.2, 0.25) is 5.91 Å². The van der Waals surface area contributed by atoms with E-state index in [2.05, 4.69) is 20.9 Å². The van der Waals surface area contributed by atoms with E-state index >= 15 is 0 Å². The van der Waals surface area contributed by atoms with Crippen molar-refractivity contribution in [3.8, 4) is 0 Å². The largest absolute Gasteiger partial charge is 0.317 e. The number of thioether (sulfide) groups is 1. The van der Waals surface area contributed by atoms with E-state index in [0.717, 1.165) is 15.1 Å². The maximum Gasteiger partial charge on any atom is 0.317 e. The zero-order chi connectivity index (χ0) is 19.1. The SMILES string of the molecule is CN(C(=O)CC1CSc2cc(Br)cc3[nH]c(=O)c(=O)n1c23)c1ccccc1. The molecule has 0 aliphatic carbocycles. The topological polar surface area (TPSA) is 75.2 Å². The third kappa shape index (κ3) is 3.23. The first-order valence-electron chi connectivity index (χ1n) is 8.38. The van der Waals surface area contributed by atoms with Crippen LogP contribution in [0.4, 0.5) is 5.69 Å². The van der Waals surface area contributed by atoms with Crippen LogP contribution >= 0.6 is 27.7 Å². The van der Waals surface area contributed by atoms with Gasteiger partial charge in [-0.3, -0.25) is 19.0 Å². The van der Waals surface area contributed by atoms with Crippen molar-refractivity contribution in [3.05, 3.63) is 67.6 Å². The Balaban J connectivity index is 1.75. The van der Waals surface area contributed by atoms with E-state index in [0.29, 0.717) is 16.8 Å². The molecule has 0 bridgehead atoms. The van der Waals surface area contributed by atoms with Gasteiger partial charge in [-0.25, -0.2) is 0 Å². The van der Waals surface area contributed by atoms with Gasteiger partial charge in [-0.05, 0) is 24.3 Å². The third-order valence-corrected chi connectivity index (χ3v) is 6.30. The summed E-state index contributed by atoms with van der Waals surface area (Å²) in [5, 5.41) is 0. The lowest BCUT2D eigenvalue weighted by Crippen LogP contribution is -2.42. The van der Waals surface area contributed by atoms with E-state index in [-0.39, 0.29) is 18.4 Å². The molecule has 2 aromatic carbocycles. The molecular weight excluding hydrogens is 430 g/mol. The molecule has 8 heteroatoms. The number of nitrogens with one attached hydrogen (secondary N) is 1. The number of aromatic nitrogens is 2. The zero-order valence-electron chi connectivity index (χ0n) is 14.4. The molecule has 1 aromatic heterocycles. The van der Waals surface area contributed by atoms with E-state index < -0.39 is 11.1 Å². The molecule has 4 rings (SSSR count). The summed E-state index contributed by atoms with van der Waals surface area (Å²) in [5.41, 5.74) is 0.766. The highest BCUT2D eigenvalue weighted by Crippen LogP contribution is 2.38. The maximum absolute atomic E-state index is 12.8. The summed E-state index contributed by atoms with van der Waals surface area (Å²) in [6.07, 6.45) is 0.145. The Hall–Kier alpha value is -2.32. The molecule has 1 atom stereocenters. The number of nitrogens with zero attached hydrogens (tertiary/aromatic N) is 2. The highest BCUT2D eigenvalue weighted by molar-refractivity contribution is 9.10. The third-order valence-electron chi connectivity index (χ3n) is 4.67. The van der Waals surface area contributed by atoms with Crippen LogP contribution in [-0.4, -0.2) is 28.3 Å². The molecule has 6 nitrogen and oxygen atoms in total. The number of benzene rings is 2. The lowest BCUT2D eigenvalue weighted by atomic mass is 10.1. The van der Waals surface area contributed by atoms with E-state index in [1.54, 1.807) is 29.8 Å². The van der Waals surface area contributed by atoms with Crippen molar-refractivity contribution in [2.24, 2.45) is 0 Å². The normalized spacial score (nSPS) is 15.7. The summed E-state index contributed by atoms with van der Waals surface area (Å²) in [6.45, 7) is 0. The molecule has 2 heterocycles. The van der Waals surface area contributed by atoms with E-state index in [1.165, 1.54) is 4.57 Å². The lowest BCUT2D eigenvalue weighted by molar-refractivity contribution is -0.118. The van der Waals surface area contributed by atoms with Gasteiger partial charge in [-0.2, -0.15) is 0 Å². The van der Waals surface area contributed by atoms with Crippen molar-refractivity contribution in [3.63, 3.8) is 0 Å². The van der Waals surface area contributed by atoms with E-state index in [4.69, 9.17) is 0 Å². The highest BCUT2D eigenvalue weighted by Gasteiger charge is 2.28. The standard InChI is InChI=1S/C19H16BrN3O3S/c1-22(12-5-3-2-4-6-12)16(24)9-13-10-27-15-8-11(20)7-14-17(15)23(13)19(26)18(25)21-14/h2-8,13H,9-10H2,1H3,(H,21,25). The lowest BCUT2D eigenvalue weighted by Gasteiger charge is -2.28. The first-order chi connectivity index (χ1) is 13.0. The Morgan fingerprint density at radius 2 is 2.04 bits per heavy atom. The second kappa shape index (κ2) is 7.01. The number of anilines is 1. The number of rotatable bonds is 3. The first kappa shape index (κ1) is 18.1. The number of H-pyrrole nitrogens is 1. The average molecular weight is 446 g/mol. The van der Waals surface area contributed by atoms with Crippen molar-refractivity contribution in [1.29, 1.82) is 0 Å². The summed E-state index contributed by atoms with van der Waals surface area (Å²) in [5.74, 6) is 0.448. The molecule has 3 aromatic rings. The number of halogens is 1. The van der Waals surface area contributed by atoms with Crippen molar-refractivity contribution >= 4 is 50.3 Å².